The Morgan fingerprint density at radius 3 is 2.58 bits per heavy atom. The lowest BCUT2D eigenvalue weighted by Gasteiger charge is -2.49. The Hall–Kier alpha value is 0.0600. The molecule has 0 bridgehead atoms. The van der Waals surface area contributed by atoms with Crippen LogP contribution in [0.2, 0.25) is 0 Å². The highest BCUT2D eigenvalue weighted by Gasteiger charge is 2.49. The third-order valence-electron chi connectivity index (χ3n) is 4.48. The highest BCUT2D eigenvalue weighted by molar-refractivity contribution is 7.98. The van der Waals surface area contributed by atoms with Gasteiger partial charge in [0, 0.05) is 23.9 Å². The summed E-state index contributed by atoms with van der Waals surface area (Å²) in [6, 6.07) is 0.241. The molecule has 0 spiro atoms. The minimum atomic E-state index is -4.09. The molecule has 1 aliphatic rings. The van der Waals surface area contributed by atoms with Gasteiger partial charge in [-0.15, -0.1) is 0 Å². The first kappa shape index (κ1) is 17.1. The van der Waals surface area contributed by atoms with E-state index in [1.807, 2.05) is 13.3 Å². The molecule has 3 atom stereocenters. The molecule has 0 saturated heterocycles. The number of hydrogen-bond acceptors (Lipinski definition) is 3. The van der Waals surface area contributed by atoms with Gasteiger partial charge in [0.1, 0.15) is 0 Å². The van der Waals surface area contributed by atoms with E-state index >= 15 is 0 Å². The Labute approximate surface area is 118 Å². The molecular weight excluding hydrogens is 273 g/mol. The van der Waals surface area contributed by atoms with Crippen molar-refractivity contribution in [2.75, 3.05) is 25.6 Å². The largest absolute Gasteiger partial charge is 0.391 e. The van der Waals surface area contributed by atoms with Crippen molar-refractivity contribution < 1.29 is 13.2 Å². The van der Waals surface area contributed by atoms with Crippen molar-refractivity contribution >= 4 is 11.8 Å². The smallest absolute Gasteiger partial charge is 0.329 e. The first-order chi connectivity index (χ1) is 8.77. The molecule has 6 heteroatoms. The maximum Gasteiger partial charge on any atom is 0.391 e. The van der Waals surface area contributed by atoms with E-state index in [9.17, 15) is 13.2 Å². The fraction of sp³-hybridized carbons (Fsp3) is 1.00. The average Bonchev–Trinajstić information content (AvgIpc) is 2.37. The fourth-order valence-electron chi connectivity index (χ4n) is 3.09. The molecule has 114 valence electrons. The summed E-state index contributed by atoms with van der Waals surface area (Å²) in [6.45, 7) is 2.36. The minimum absolute atomic E-state index is 0.141. The van der Waals surface area contributed by atoms with Crippen molar-refractivity contribution in [1.82, 2.24) is 4.90 Å². The molecule has 0 radical (unpaired) electrons. The maximum atomic E-state index is 13.0. The third kappa shape index (κ3) is 4.02. The molecule has 19 heavy (non-hydrogen) atoms. The van der Waals surface area contributed by atoms with E-state index in [0.29, 0.717) is 13.0 Å². The fourth-order valence-corrected chi connectivity index (χ4v) is 3.80. The Bertz CT molecular complexity index is 286. The van der Waals surface area contributed by atoms with E-state index < -0.39 is 17.6 Å². The first-order valence-corrected chi connectivity index (χ1v) is 8.15. The lowest BCUT2D eigenvalue weighted by atomic mass is 9.74. The standard InChI is InChI=1S/C13H25F3N2S/c1-10(8-19-3)18(2)12(9-17)6-4-5-11(7-12)13(14,15)16/h10-11H,4-9,17H2,1-3H3. The molecular formula is C13H25F3N2S. The van der Waals surface area contributed by atoms with Gasteiger partial charge in [0.15, 0.2) is 0 Å². The Kier molecular flexibility index (Phi) is 6.01. The van der Waals surface area contributed by atoms with Gasteiger partial charge in [-0.25, -0.2) is 0 Å². The predicted octanol–water partition coefficient (Wildman–Crippen LogP) is 3.12. The highest BCUT2D eigenvalue weighted by atomic mass is 32.2. The van der Waals surface area contributed by atoms with Crippen LogP contribution in [0, 0.1) is 5.92 Å². The van der Waals surface area contributed by atoms with E-state index in [-0.39, 0.29) is 18.9 Å². The van der Waals surface area contributed by atoms with Crippen LogP contribution in [0.5, 0.6) is 0 Å². The maximum absolute atomic E-state index is 13.0. The summed E-state index contributed by atoms with van der Waals surface area (Å²) in [5.41, 5.74) is 5.37. The van der Waals surface area contributed by atoms with Crippen LogP contribution in [-0.2, 0) is 0 Å². The number of nitrogens with two attached hydrogens (primary N) is 1. The Morgan fingerprint density at radius 1 is 1.47 bits per heavy atom. The number of thioether (sulfide) groups is 1. The summed E-state index contributed by atoms with van der Waals surface area (Å²) in [7, 11) is 1.92. The van der Waals surface area contributed by atoms with Gasteiger partial charge in [0.05, 0.1) is 5.92 Å². The van der Waals surface area contributed by atoms with Crippen LogP contribution >= 0.6 is 11.8 Å². The quantitative estimate of drug-likeness (QED) is 0.845. The van der Waals surface area contributed by atoms with Crippen molar-refractivity contribution in [2.24, 2.45) is 11.7 Å². The summed E-state index contributed by atoms with van der Waals surface area (Å²) in [5.74, 6) is -0.289. The number of nitrogens with zero attached hydrogens (tertiary/aromatic N) is 1. The van der Waals surface area contributed by atoms with Crippen molar-refractivity contribution in [3.05, 3.63) is 0 Å². The number of halogens is 3. The van der Waals surface area contributed by atoms with Crippen molar-refractivity contribution in [3.8, 4) is 0 Å². The zero-order valence-corrected chi connectivity index (χ0v) is 12.8. The molecule has 0 aromatic heterocycles. The number of alkyl halides is 3. The molecule has 2 nitrogen and oxygen atoms in total. The van der Waals surface area contributed by atoms with Gasteiger partial charge in [0.2, 0.25) is 0 Å². The molecule has 0 aliphatic heterocycles. The highest BCUT2D eigenvalue weighted by Crippen LogP contribution is 2.44. The Balaban J connectivity index is 2.84. The topological polar surface area (TPSA) is 29.3 Å². The lowest BCUT2D eigenvalue weighted by Crippen LogP contribution is -2.59. The van der Waals surface area contributed by atoms with E-state index in [2.05, 4.69) is 11.8 Å². The number of hydrogen-bond donors (Lipinski definition) is 1. The lowest BCUT2D eigenvalue weighted by molar-refractivity contribution is -0.193. The number of likely N-dealkylation sites (N-methyl/N-ethyl adjacent to an activating group) is 1. The zero-order chi connectivity index (χ0) is 14.7. The first-order valence-electron chi connectivity index (χ1n) is 6.75. The molecule has 0 heterocycles. The van der Waals surface area contributed by atoms with Crippen molar-refractivity contribution in [1.29, 1.82) is 0 Å². The SMILES string of the molecule is CSCC(C)N(C)C1(CN)CCCC(C(F)(F)F)C1. The van der Waals surface area contributed by atoms with E-state index in [1.165, 1.54) is 0 Å². The second-order valence-corrected chi connectivity index (χ2v) is 6.59. The van der Waals surface area contributed by atoms with Gasteiger partial charge in [0.25, 0.3) is 0 Å². The van der Waals surface area contributed by atoms with Crippen LogP contribution in [-0.4, -0.2) is 48.3 Å². The molecule has 1 rings (SSSR count). The molecule has 2 N–H and O–H groups in total. The molecule has 1 fully saturated rings. The van der Waals surface area contributed by atoms with E-state index in [0.717, 1.165) is 12.2 Å². The number of rotatable bonds is 5. The van der Waals surface area contributed by atoms with Crippen molar-refractivity contribution in [2.45, 2.75) is 50.4 Å². The zero-order valence-electron chi connectivity index (χ0n) is 12.0. The van der Waals surface area contributed by atoms with Gasteiger partial charge in [-0.1, -0.05) is 6.42 Å². The summed E-state index contributed by atoms with van der Waals surface area (Å²) in [4.78, 5) is 2.08. The van der Waals surface area contributed by atoms with E-state index in [1.54, 1.807) is 11.8 Å². The van der Waals surface area contributed by atoms with Gasteiger partial charge in [-0.3, -0.25) is 4.90 Å². The van der Waals surface area contributed by atoms with Crippen molar-refractivity contribution in [3.63, 3.8) is 0 Å². The molecule has 1 saturated carbocycles. The summed E-state index contributed by atoms with van der Waals surface area (Å²) < 4.78 is 38.9. The predicted molar refractivity (Wildman–Crippen MR) is 75.4 cm³/mol. The van der Waals surface area contributed by atoms with Gasteiger partial charge in [-0.05, 0) is 39.5 Å². The summed E-state index contributed by atoms with van der Waals surface area (Å²) in [5, 5.41) is 0. The summed E-state index contributed by atoms with van der Waals surface area (Å²) >= 11 is 1.71. The third-order valence-corrected chi connectivity index (χ3v) is 5.30. The second-order valence-electron chi connectivity index (χ2n) is 5.68. The van der Waals surface area contributed by atoms with Gasteiger partial charge < -0.3 is 5.73 Å². The Morgan fingerprint density at radius 2 is 2.11 bits per heavy atom. The van der Waals surface area contributed by atoms with Crippen LogP contribution in [0.1, 0.15) is 32.6 Å². The van der Waals surface area contributed by atoms with Crippen LogP contribution < -0.4 is 5.73 Å². The van der Waals surface area contributed by atoms with Gasteiger partial charge >= 0.3 is 6.18 Å². The molecule has 0 amide bonds. The van der Waals surface area contributed by atoms with Crippen LogP contribution in [0.15, 0.2) is 0 Å². The van der Waals surface area contributed by atoms with Crippen LogP contribution in [0.3, 0.4) is 0 Å². The molecule has 3 unspecified atom stereocenters. The van der Waals surface area contributed by atoms with Crippen LogP contribution in [0.25, 0.3) is 0 Å². The normalized spacial score (nSPS) is 30.6. The molecule has 0 aromatic rings. The van der Waals surface area contributed by atoms with Gasteiger partial charge in [-0.2, -0.15) is 24.9 Å². The molecule has 0 aromatic carbocycles. The average molecular weight is 298 g/mol. The summed E-state index contributed by atoms with van der Waals surface area (Å²) in [6.07, 6.45) is -0.315. The second kappa shape index (κ2) is 6.68. The monoisotopic (exact) mass is 298 g/mol. The van der Waals surface area contributed by atoms with E-state index in [4.69, 9.17) is 5.73 Å². The molecule has 1 aliphatic carbocycles. The minimum Gasteiger partial charge on any atom is -0.329 e. The van der Waals surface area contributed by atoms with Crippen LogP contribution in [0.4, 0.5) is 13.2 Å².